The first-order valence-electron chi connectivity index (χ1n) is 6.38. The van der Waals surface area contributed by atoms with Crippen molar-refractivity contribution in [2.75, 3.05) is 20.3 Å². The van der Waals surface area contributed by atoms with Gasteiger partial charge in [0.1, 0.15) is 17.6 Å². The Morgan fingerprint density at radius 2 is 2.28 bits per heavy atom. The van der Waals surface area contributed by atoms with Gasteiger partial charge in [-0.3, -0.25) is 0 Å². The van der Waals surface area contributed by atoms with E-state index in [2.05, 4.69) is 0 Å². The number of aliphatic hydroxyl groups excluding tert-OH is 1. The third-order valence-corrected chi connectivity index (χ3v) is 3.80. The molecule has 2 aliphatic rings. The summed E-state index contributed by atoms with van der Waals surface area (Å²) >= 11 is 0. The van der Waals surface area contributed by atoms with Gasteiger partial charge in [0.15, 0.2) is 0 Å². The van der Waals surface area contributed by atoms with E-state index in [4.69, 9.17) is 14.2 Å². The molecule has 1 fully saturated rings. The van der Waals surface area contributed by atoms with Crippen LogP contribution in [0.3, 0.4) is 0 Å². The van der Waals surface area contributed by atoms with Crippen LogP contribution in [0.5, 0.6) is 11.5 Å². The van der Waals surface area contributed by atoms with Crippen molar-refractivity contribution in [2.24, 2.45) is 5.92 Å². The van der Waals surface area contributed by atoms with Gasteiger partial charge in [0.2, 0.25) is 0 Å². The van der Waals surface area contributed by atoms with E-state index in [1.54, 1.807) is 7.11 Å². The Hall–Kier alpha value is -1.26. The van der Waals surface area contributed by atoms with Crippen LogP contribution in [0.4, 0.5) is 0 Å². The molecule has 3 atom stereocenters. The summed E-state index contributed by atoms with van der Waals surface area (Å²) in [5.74, 6) is 1.88. The Labute approximate surface area is 106 Å². The number of ether oxygens (including phenoxy) is 3. The summed E-state index contributed by atoms with van der Waals surface area (Å²) in [6, 6.07) is 5.57. The van der Waals surface area contributed by atoms with Crippen LogP contribution in [0, 0.1) is 5.92 Å². The highest BCUT2D eigenvalue weighted by Gasteiger charge is 2.34. The Bertz CT molecular complexity index is 426. The predicted molar refractivity (Wildman–Crippen MR) is 65.9 cm³/mol. The molecule has 0 saturated carbocycles. The molecule has 2 aliphatic heterocycles. The van der Waals surface area contributed by atoms with Crippen LogP contribution in [-0.2, 0) is 4.74 Å². The van der Waals surface area contributed by atoms with Crippen molar-refractivity contribution in [2.45, 2.75) is 25.0 Å². The number of fused-ring (bicyclic) bond motifs is 1. The quantitative estimate of drug-likeness (QED) is 0.871. The Morgan fingerprint density at radius 3 is 3.00 bits per heavy atom. The lowest BCUT2D eigenvalue weighted by atomic mass is 9.91. The highest BCUT2D eigenvalue weighted by atomic mass is 16.5. The molecule has 3 rings (SSSR count). The molecular weight excluding hydrogens is 232 g/mol. The molecule has 4 nitrogen and oxygen atoms in total. The van der Waals surface area contributed by atoms with E-state index in [-0.39, 0.29) is 6.10 Å². The van der Waals surface area contributed by atoms with Crippen LogP contribution < -0.4 is 9.47 Å². The summed E-state index contributed by atoms with van der Waals surface area (Å²) in [5, 5.41) is 10.2. The maximum atomic E-state index is 10.2. The van der Waals surface area contributed by atoms with Crippen molar-refractivity contribution < 1.29 is 19.3 Å². The molecule has 0 aliphatic carbocycles. The first-order valence-corrected chi connectivity index (χ1v) is 6.38. The van der Waals surface area contributed by atoms with Crippen LogP contribution in [0.15, 0.2) is 18.2 Å². The third kappa shape index (κ3) is 2.06. The number of hydrogen-bond acceptors (Lipinski definition) is 4. The summed E-state index contributed by atoms with van der Waals surface area (Å²) in [7, 11) is 1.63. The third-order valence-electron chi connectivity index (χ3n) is 3.80. The second-order valence-electron chi connectivity index (χ2n) is 4.94. The molecule has 2 heterocycles. The molecule has 4 heteroatoms. The molecule has 2 unspecified atom stereocenters. The molecule has 0 aromatic heterocycles. The van der Waals surface area contributed by atoms with E-state index in [1.807, 2.05) is 18.2 Å². The van der Waals surface area contributed by atoms with Gasteiger partial charge in [0.25, 0.3) is 0 Å². The Balaban J connectivity index is 1.85. The van der Waals surface area contributed by atoms with Crippen molar-refractivity contribution in [3.05, 3.63) is 23.8 Å². The average molecular weight is 250 g/mol. The molecule has 0 spiro atoms. The fourth-order valence-electron chi connectivity index (χ4n) is 2.71. The van der Waals surface area contributed by atoms with Gasteiger partial charge in [-0.1, -0.05) is 0 Å². The van der Waals surface area contributed by atoms with Crippen LogP contribution in [-0.4, -0.2) is 31.5 Å². The lowest BCUT2D eigenvalue weighted by Crippen LogP contribution is -2.33. The minimum Gasteiger partial charge on any atom is -0.497 e. The normalized spacial score (nSPS) is 30.7. The van der Waals surface area contributed by atoms with Crippen LogP contribution in [0.1, 0.15) is 24.5 Å². The van der Waals surface area contributed by atoms with E-state index in [9.17, 15) is 5.11 Å². The summed E-state index contributed by atoms with van der Waals surface area (Å²) in [4.78, 5) is 0. The maximum absolute atomic E-state index is 10.2. The van der Waals surface area contributed by atoms with Gasteiger partial charge < -0.3 is 19.3 Å². The van der Waals surface area contributed by atoms with Crippen molar-refractivity contribution >= 4 is 0 Å². The number of hydrogen-bond donors (Lipinski definition) is 1. The Kier molecular flexibility index (Phi) is 3.14. The average Bonchev–Trinajstić information content (AvgIpc) is 2.91. The molecule has 0 radical (unpaired) electrons. The van der Waals surface area contributed by atoms with E-state index in [0.29, 0.717) is 12.3 Å². The molecule has 98 valence electrons. The zero-order valence-corrected chi connectivity index (χ0v) is 10.5. The van der Waals surface area contributed by atoms with E-state index >= 15 is 0 Å². The minimum atomic E-state index is -0.453. The van der Waals surface area contributed by atoms with Gasteiger partial charge in [-0.2, -0.15) is 0 Å². The summed E-state index contributed by atoms with van der Waals surface area (Å²) in [6.07, 6.45) is 1.25. The molecule has 0 amide bonds. The molecule has 1 saturated heterocycles. The molecule has 0 bridgehead atoms. The molecule has 18 heavy (non-hydrogen) atoms. The van der Waals surface area contributed by atoms with Crippen molar-refractivity contribution in [3.63, 3.8) is 0 Å². The highest BCUT2D eigenvalue weighted by molar-refractivity contribution is 5.43. The first-order chi connectivity index (χ1) is 8.78. The van der Waals surface area contributed by atoms with Crippen LogP contribution in [0.2, 0.25) is 0 Å². The second-order valence-corrected chi connectivity index (χ2v) is 4.94. The van der Waals surface area contributed by atoms with Gasteiger partial charge in [0.05, 0.1) is 19.8 Å². The molecular formula is C14H18O4. The van der Waals surface area contributed by atoms with Gasteiger partial charge in [-0.05, 0) is 18.6 Å². The van der Waals surface area contributed by atoms with Crippen LogP contribution in [0.25, 0.3) is 0 Å². The zero-order chi connectivity index (χ0) is 12.5. The smallest absolute Gasteiger partial charge is 0.129 e. The molecule has 1 aromatic rings. The SMILES string of the molecule is COc1ccc2c(c1)OC(C1CCOC1)C[C@H]2O. The minimum absolute atomic E-state index is 0.0436. The zero-order valence-electron chi connectivity index (χ0n) is 10.5. The van der Waals surface area contributed by atoms with Gasteiger partial charge in [0, 0.05) is 30.6 Å². The number of aliphatic hydroxyl groups is 1. The van der Waals surface area contributed by atoms with Crippen molar-refractivity contribution in [3.8, 4) is 11.5 Å². The van der Waals surface area contributed by atoms with Gasteiger partial charge in [-0.15, -0.1) is 0 Å². The summed E-state index contributed by atoms with van der Waals surface area (Å²) in [6.45, 7) is 1.53. The lowest BCUT2D eigenvalue weighted by Gasteiger charge is -2.32. The van der Waals surface area contributed by atoms with Gasteiger partial charge in [-0.25, -0.2) is 0 Å². The maximum Gasteiger partial charge on any atom is 0.129 e. The fraction of sp³-hybridized carbons (Fsp3) is 0.571. The summed E-state index contributed by atoms with van der Waals surface area (Å²) in [5.41, 5.74) is 0.853. The monoisotopic (exact) mass is 250 g/mol. The first kappa shape index (κ1) is 11.8. The topological polar surface area (TPSA) is 47.9 Å². The van der Waals surface area contributed by atoms with E-state index in [0.717, 1.165) is 36.7 Å². The molecule has 1 aromatic carbocycles. The largest absolute Gasteiger partial charge is 0.497 e. The number of rotatable bonds is 2. The molecule has 1 N–H and O–H groups in total. The van der Waals surface area contributed by atoms with E-state index in [1.165, 1.54) is 0 Å². The summed E-state index contributed by atoms with van der Waals surface area (Å²) < 4.78 is 16.6. The fourth-order valence-corrected chi connectivity index (χ4v) is 2.71. The van der Waals surface area contributed by atoms with E-state index < -0.39 is 6.10 Å². The van der Waals surface area contributed by atoms with Crippen LogP contribution >= 0.6 is 0 Å². The second kappa shape index (κ2) is 4.78. The highest BCUT2D eigenvalue weighted by Crippen LogP contribution is 2.40. The van der Waals surface area contributed by atoms with Gasteiger partial charge >= 0.3 is 0 Å². The predicted octanol–water partition coefficient (Wildman–Crippen LogP) is 1.92. The Morgan fingerprint density at radius 1 is 1.39 bits per heavy atom. The number of benzene rings is 1. The van der Waals surface area contributed by atoms with Crippen molar-refractivity contribution in [1.82, 2.24) is 0 Å². The lowest BCUT2D eigenvalue weighted by molar-refractivity contribution is 0.0300. The number of methoxy groups -OCH3 is 1. The standard InChI is InChI=1S/C14H18O4/c1-16-10-2-3-11-12(15)7-13(18-14(11)6-10)9-4-5-17-8-9/h2-3,6,9,12-13,15H,4-5,7-8H2,1H3/t9?,12-,13?/m1/s1. The van der Waals surface area contributed by atoms with Crippen molar-refractivity contribution in [1.29, 1.82) is 0 Å².